The molecule has 0 aromatic heterocycles. The van der Waals surface area contributed by atoms with Crippen LogP contribution in [0.3, 0.4) is 0 Å². The number of likely N-dealkylation sites (N-methyl/N-ethyl adjacent to an activating group) is 2. The fraction of sp³-hybridized carbons (Fsp3) is 0.562. The topological polar surface area (TPSA) is 52.6 Å². The third-order valence-electron chi connectivity index (χ3n) is 3.98. The molecule has 1 atom stereocenters. The third-order valence-corrected chi connectivity index (χ3v) is 3.98. The fourth-order valence-electron chi connectivity index (χ4n) is 3.02. The predicted molar refractivity (Wildman–Crippen MR) is 79.7 cm³/mol. The van der Waals surface area contributed by atoms with Gasteiger partial charge in [-0.2, -0.15) is 0 Å². The Morgan fingerprint density at radius 2 is 2.25 bits per heavy atom. The van der Waals surface area contributed by atoms with Gasteiger partial charge in [0.2, 0.25) is 5.91 Å². The largest absolute Gasteiger partial charge is 0.508 e. The van der Waals surface area contributed by atoms with Crippen molar-refractivity contribution in [2.75, 3.05) is 19.6 Å². The second-order valence-electron chi connectivity index (χ2n) is 5.31. The van der Waals surface area contributed by atoms with E-state index < -0.39 is 0 Å². The van der Waals surface area contributed by atoms with Gasteiger partial charge in [0.05, 0.1) is 6.54 Å². The van der Waals surface area contributed by atoms with Gasteiger partial charge in [0.25, 0.3) is 0 Å². The Morgan fingerprint density at radius 3 is 2.95 bits per heavy atom. The smallest absolute Gasteiger partial charge is 0.234 e. The number of carbonyl (C=O) groups is 1. The molecule has 4 heteroatoms. The van der Waals surface area contributed by atoms with Crippen molar-refractivity contribution in [2.45, 2.75) is 39.2 Å². The minimum Gasteiger partial charge on any atom is -0.508 e. The molecule has 2 rings (SSSR count). The summed E-state index contributed by atoms with van der Waals surface area (Å²) in [6.07, 6.45) is 3.24. The number of nitrogens with zero attached hydrogens (tertiary/aromatic N) is 1. The SMILES string of the molecule is CCNC(=O)CN(CC)C1CCCc2ccc(O)cc21. The van der Waals surface area contributed by atoms with E-state index in [9.17, 15) is 9.90 Å². The Morgan fingerprint density at radius 1 is 1.45 bits per heavy atom. The predicted octanol–water partition coefficient (Wildman–Crippen LogP) is 2.23. The van der Waals surface area contributed by atoms with Crippen LogP contribution in [0.2, 0.25) is 0 Å². The zero-order valence-electron chi connectivity index (χ0n) is 12.4. The lowest BCUT2D eigenvalue weighted by Gasteiger charge is -2.34. The zero-order chi connectivity index (χ0) is 14.5. The summed E-state index contributed by atoms with van der Waals surface area (Å²) in [6.45, 7) is 5.93. The van der Waals surface area contributed by atoms with Gasteiger partial charge in [-0.25, -0.2) is 0 Å². The number of hydrogen-bond donors (Lipinski definition) is 2. The van der Waals surface area contributed by atoms with Crippen LogP contribution >= 0.6 is 0 Å². The molecule has 0 saturated carbocycles. The van der Waals surface area contributed by atoms with Crippen molar-refractivity contribution >= 4 is 5.91 Å². The Labute approximate surface area is 120 Å². The van der Waals surface area contributed by atoms with Crippen LogP contribution in [0.4, 0.5) is 0 Å². The van der Waals surface area contributed by atoms with Gasteiger partial charge in [0.1, 0.15) is 5.75 Å². The molecule has 1 unspecified atom stereocenters. The minimum atomic E-state index is 0.0710. The van der Waals surface area contributed by atoms with E-state index in [0.717, 1.165) is 25.8 Å². The number of aryl methyl sites for hydroxylation is 1. The van der Waals surface area contributed by atoms with E-state index in [4.69, 9.17) is 0 Å². The van der Waals surface area contributed by atoms with Gasteiger partial charge in [-0.15, -0.1) is 0 Å². The normalized spacial score (nSPS) is 17.9. The number of carbonyl (C=O) groups excluding carboxylic acids is 1. The number of aromatic hydroxyl groups is 1. The molecule has 20 heavy (non-hydrogen) atoms. The third kappa shape index (κ3) is 3.31. The van der Waals surface area contributed by atoms with Gasteiger partial charge in [-0.3, -0.25) is 9.69 Å². The molecule has 1 aliphatic carbocycles. The van der Waals surface area contributed by atoms with E-state index >= 15 is 0 Å². The molecule has 1 aromatic carbocycles. The van der Waals surface area contributed by atoms with E-state index in [1.807, 2.05) is 19.1 Å². The van der Waals surface area contributed by atoms with Crippen LogP contribution in [0.5, 0.6) is 5.75 Å². The van der Waals surface area contributed by atoms with Crippen molar-refractivity contribution in [1.29, 1.82) is 0 Å². The zero-order valence-corrected chi connectivity index (χ0v) is 12.4. The fourth-order valence-corrected chi connectivity index (χ4v) is 3.02. The van der Waals surface area contributed by atoms with Crippen LogP contribution < -0.4 is 5.32 Å². The molecular formula is C16H24N2O2. The number of hydrogen-bond acceptors (Lipinski definition) is 3. The molecule has 4 nitrogen and oxygen atoms in total. The summed E-state index contributed by atoms with van der Waals surface area (Å²) < 4.78 is 0. The number of amides is 1. The molecule has 2 N–H and O–H groups in total. The number of phenols is 1. The Bertz CT molecular complexity index is 474. The van der Waals surface area contributed by atoms with E-state index in [1.165, 1.54) is 11.1 Å². The maximum absolute atomic E-state index is 11.8. The first-order chi connectivity index (χ1) is 9.65. The van der Waals surface area contributed by atoms with E-state index in [2.05, 4.69) is 17.1 Å². The Balaban J connectivity index is 2.19. The van der Waals surface area contributed by atoms with Crippen LogP contribution in [0.25, 0.3) is 0 Å². The average Bonchev–Trinajstić information content (AvgIpc) is 2.44. The Hall–Kier alpha value is -1.55. The summed E-state index contributed by atoms with van der Waals surface area (Å²) in [4.78, 5) is 14.0. The molecule has 0 spiro atoms. The van der Waals surface area contributed by atoms with E-state index in [1.54, 1.807) is 6.07 Å². The summed E-state index contributed by atoms with van der Waals surface area (Å²) >= 11 is 0. The van der Waals surface area contributed by atoms with Crippen LogP contribution in [-0.2, 0) is 11.2 Å². The number of rotatable bonds is 5. The molecule has 0 radical (unpaired) electrons. The first-order valence-electron chi connectivity index (χ1n) is 7.48. The molecular weight excluding hydrogens is 252 g/mol. The Kier molecular flexibility index (Phi) is 5.01. The molecule has 0 bridgehead atoms. The lowest BCUT2D eigenvalue weighted by Crippen LogP contribution is -2.40. The molecule has 0 aliphatic heterocycles. The van der Waals surface area contributed by atoms with E-state index in [-0.39, 0.29) is 11.9 Å². The molecule has 0 heterocycles. The van der Waals surface area contributed by atoms with Crippen LogP contribution in [0.1, 0.15) is 43.9 Å². The maximum Gasteiger partial charge on any atom is 0.234 e. The van der Waals surface area contributed by atoms with Crippen molar-refractivity contribution in [3.63, 3.8) is 0 Å². The highest BCUT2D eigenvalue weighted by atomic mass is 16.3. The minimum absolute atomic E-state index is 0.0710. The van der Waals surface area contributed by atoms with Gasteiger partial charge in [-0.1, -0.05) is 13.0 Å². The molecule has 0 fully saturated rings. The average molecular weight is 276 g/mol. The first-order valence-corrected chi connectivity index (χ1v) is 7.48. The lowest BCUT2D eigenvalue weighted by atomic mass is 9.86. The number of benzene rings is 1. The summed E-state index contributed by atoms with van der Waals surface area (Å²) in [5.74, 6) is 0.381. The van der Waals surface area contributed by atoms with E-state index in [0.29, 0.717) is 18.8 Å². The van der Waals surface area contributed by atoms with Crippen molar-refractivity contribution in [1.82, 2.24) is 10.2 Å². The van der Waals surface area contributed by atoms with Crippen molar-refractivity contribution < 1.29 is 9.90 Å². The van der Waals surface area contributed by atoms with Crippen LogP contribution in [0.15, 0.2) is 18.2 Å². The van der Waals surface area contributed by atoms with Crippen molar-refractivity contribution in [2.24, 2.45) is 0 Å². The highest BCUT2D eigenvalue weighted by Crippen LogP contribution is 2.35. The standard InChI is InChI=1S/C16H24N2O2/c1-3-17-16(20)11-18(4-2)15-7-5-6-12-8-9-13(19)10-14(12)15/h8-10,15,19H,3-7,11H2,1-2H3,(H,17,20). The van der Waals surface area contributed by atoms with Gasteiger partial charge in [0.15, 0.2) is 0 Å². The van der Waals surface area contributed by atoms with Crippen LogP contribution in [-0.4, -0.2) is 35.5 Å². The quantitative estimate of drug-likeness (QED) is 0.867. The second kappa shape index (κ2) is 6.75. The lowest BCUT2D eigenvalue weighted by molar-refractivity contribution is -0.122. The van der Waals surface area contributed by atoms with Gasteiger partial charge in [0, 0.05) is 12.6 Å². The number of fused-ring (bicyclic) bond motifs is 1. The highest BCUT2D eigenvalue weighted by Gasteiger charge is 2.26. The van der Waals surface area contributed by atoms with Gasteiger partial charge in [-0.05, 0) is 56.0 Å². The summed E-state index contributed by atoms with van der Waals surface area (Å²) in [5.41, 5.74) is 2.48. The maximum atomic E-state index is 11.8. The van der Waals surface area contributed by atoms with Gasteiger partial charge < -0.3 is 10.4 Å². The molecule has 1 aromatic rings. The van der Waals surface area contributed by atoms with Crippen molar-refractivity contribution in [3.8, 4) is 5.75 Å². The summed E-state index contributed by atoms with van der Waals surface area (Å²) in [6, 6.07) is 5.86. The van der Waals surface area contributed by atoms with Gasteiger partial charge >= 0.3 is 0 Å². The molecule has 1 aliphatic rings. The summed E-state index contributed by atoms with van der Waals surface area (Å²) in [7, 11) is 0. The summed E-state index contributed by atoms with van der Waals surface area (Å²) in [5, 5.41) is 12.6. The van der Waals surface area contributed by atoms with Crippen LogP contribution in [0, 0.1) is 0 Å². The monoisotopic (exact) mass is 276 g/mol. The second-order valence-corrected chi connectivity index (χ2v) is 5.31. The molecule has 0 saturated heterocycles. The number of nitrogens with one attached hydrogen (secondary N) is 1. The highest BCUT2D eigenvalue weighted by molar-refractivity contribution is 5.78. The van der Waals surface area contributed by atoms with Crippen molar-refractivity contribution in [3.05, 3.63) is 29.3 Å². The number of phenolic OH excluding ortho intramolecular Hbond substituents is 1. The first kappa shape index (κ1) is 14.9. The molecule has 1 amide bonds. The molecule has 110 valence electrons.